The third-order valence-corrected chi connectivity index (χ3v) is 0.914. The Morgan fingerprint density at radius 1 is 1.50 bits per heavy atom. The van der Waals surface area contributed by atoms with Crippen LogP contribution in [0.4, 0.5) is 0 Å². The molecule has 0 aliphatic carbocycles. The Morgan fingerprint density at radius 3 is 2.12 bits per heavy atom. The van der Waals surface area contributed by atoms with Gasteiger partial charge in [-0.2, -0.15) is 0 Å². The molecule has 0 fully saturated rings. The molecule has 0 aromatic heterocycles. The van der Waals surface area contributed by atoms with Gasteiger partial charge in [0.15, 0.2) is 0 Å². The van der Waals surface area contributed by atoms with Gasteiger partial charge in [0.05, 0.1) is 12.0 Å². The van der Waals surface area contributed by atoms with E-state index in [1.54, 1.807) is 13.8 Å². The van der Waals surface area contributed by atoms with Crippen molar-refractivity contribution in [2.45, 2.75) is 13.8 Å². The van der Waals surface area contributed by atoms with Gasteiger partial charge < -0.3 is 10.3 Å². The summed E-state index contributed by atoms with van der Waals surface area (Å²) in [4.78, 5) is 0. The smallest absolute Gasteiger partial charge is 0.0840 e. The van der Waals surface area contributed by atoms with E-state index in [2.05, 4.69) is 5.16 Å². The van der Waals surface area contributed by atoms with E-state index in [1.807, 2.05) is 0 Å². The number of oxime groups is 1. The summed E-state index contributed by atoms with van der Waals surface area (Å²) in [6, 6.07) is 0. The van der Waals surface area contributed by atoms with Crippen molar-refractivity contribution >= 4 is 5.71 Å². The zero-order valence-corrected chi connectivity index (χ0v) is 4.92. The van der Waals surface area contributed by atoms with Crippen LogP contribution in [0.3, 0.4) is 0 Å². The minimum atomic E-state index is 0.424. The highest BCUT2D eigenvalue weighted by molar-refractivity contribution is 5.96. The summed E-state index contributed by atoms with van der Waals surface area (Å²) in [6.45, 7) is 3.25. The van der Waals surface area contributed by atoms with Crippen LogP contribution >= 0.6 is 0 Å². The van der Waals surface area contributed by atoms with Crippen LogP contribution in [-0.2, 0) is 0 Å². The summed E-state index contributed by atoms with van der Waals surface area (Å²) < 4.78 is 0. The summed E-state index contributed by atoms with van der Waals surface area (Å²) in [6.07, 6.45) is 0.898. The third kappa shape index (κ3) is 1.64. The van der Waals surface area contributed by atoms with Gasteiger partial charge in [-0.25, -0.2) is 0 Å². The monoisotopic (exact) mass is 115 g/mol. The van der Waals surface area contributed by atoms with E-state index in [0.717, 1.165) is 6.26 Å². The van der Waals surface area contributed by atoms with E-state index < -0.39 is 0 Å². The fraction of sp³-hybridized carbons (Fsp3) is 0.400. The van der Waals surface area contributed by atoms with Gasteiger partial charge in [0.25, 0.3) is 0 Å². The maximum absolute atomic E-state index is 8.28. The second-order valence-corrected chi connectivity index (χ2v) is 1.50. The van der Waals surface area contributed by atoms with E-state index in [4.69, 9.17) is 10.3 Å². The molecule has 0 heterocycles. The van der Waals surface area contributed by atoms with Crippen LogP contribution in [0.5, 0.6) is 0 Å². The average Bonchev–Trinajstić information content (AvgIpc) is 1.84. The predicted molar refractivity (Wildman–Crippen MR) is 31.3 cm³/mol. The van der Waals surface area contributed by atoms with Crippen LogP contribution in [0.2, 0.25) is 0 Å². The van der Waals surface area contributed by atoms with Crippen molar-refractivity contribution in [1.29, 1.82) is 0 Å². The molecule has 0 bridgehead atoms. The SMILES string of the molecule is CC(=N/O)/C(C)=C/O. The number of hydrogen-bond donors (Lipinski definition) is 2. The fourth-order valence-corrected chi connectivity index (χ4v) is 0.172. The Bertz CT molecular complexity index is 110. The quantitative estimate of drug-likeness (QED) is 0.234. The zero-order chi connectivity index (χ0) is 6.57. The number of rotatable bonds is 1. The molecule has 0 aliphatic heterocycles. The summed E-state index contributed by atoms with van der Waals surface area (Å²) in [5.74, 6) is 0. The molecule has 0 atom stereocenters. The van der Waals surface area contributed by atoms with Crippen molar-refractivity contribution < 1.29 is 10.3 Å². The van der Waals surface area contributed by atoms with E-state index in [0.29, 0.717) is 11.3 Å². The van der Waals surface area contributed by atoms with Crippen molar-refractivity contribution in [3.05, 3.63) is 11.8 Å². The molecule has 0 rings (SSSR count). The molecule has 0 unspecified atom stereocenters. The predicted octanol–water partition coefficient (Wildman–Crippen LogP) is 1.30. The first-order valence-corrected chi connectivity index (χ1v) is 2.22. The molecule has 2 N–H and O–H groups in total. The van der Waals surface area contributed by atoms with Gasteiger partial charge in [-0.15, -0.1) is 0 Å². The van der Waals surface area contributed by atoms with Crippen LogP contribution in [0, 0.1) is 0 Å². The number of hydrogen-bond acceptors (Lipinski definition) is 3. The molecule has 0 aliphatic rings. The number of aliphatic hydroxyl groups excluding tert-OH is 1. The Balaban J connectivity index is 4.04. The third-order valence-electron chi connectivity index (χ3n) is 0.914. The molecule has 0 saturated heterocycles. The molecular weight excluding hydrogens is 106 g/mol. The molecular formula is C5H9NO2. The highest BCUT2D eigenvalue weighted by Gasteiger charge is 1.91. The summed E-state index contributed by atoms with van der Waals surface area (Å²) in [5, 5.41) is 19.2. The van der Waals surface area contributed by atoms with Crippen molar-refractivity contribution in [3.8, 4) is 0 Å². The van der Waals surface area contributed by atoms with Crippen molar-refractivity contribution in [3.63, 3.8) is 0 Å². The fourth-order valence-electron chi connectivity index (χ4n) is 0.172. The lowest BCUT2D eigenvalue weighted by atomic mass is 10.2. The Labute approximate surface area is 47.9 Å². The van der Waals surface area contributed by atoms with Gasteiger partial charge in [0.2, 0.25) is 0 Å². The van der Waals surface area contributed by atoms with Gasteiger partial charge in [0, 0.05) is 5.57 Å². The average molecular weight is 115 g/mol. The van der Waals surface area contributed by atoms with Crippen LogP contribution in [0.25, 0.3) is 0 Å². The lowest BCUT2D eigenvalue weighted by molar-refractivity contribution is 0.318. The van der Waals surface area contributed by atoms with Gasteiger partial charge >= 0.3 is 0 Å². The van der Waals surface area contributed by atoms with Crippen LogP contribution in [-0.4, -0.2) is 16.0 Å². The molecule has 3 heteroatoms. The van der Waals surface area contributed by atoms with E-state index in [1.165, 1.54) is 0 Å². The summed E-state index contributed by atoms with van der Waals surface area (Å²) in [7, 11) is 0. The Kier molecular flexibility index (Phi) is 2.69. The van der Waals surface area contributed by atoms with Crippen LogP contribution in [0.15, 0.2) is 17.0 Å². The minimum absolute atomic E-state index is 0.424. The molecule has 0 amide bonds. The number of aliphatic hydroxyl groups is 1. The lowest BCUT2D eigenvalue weighted by Crippen LogP contribution is -1.91. The van der Waals surface area contributed by atoms with Gasteiger partial charge in [0.1, 0.15) is 0 Å². The second-order valence-electron chi connectivity index (χ2n) is 1.50. The number of nitrogens with zero attached hydrogens (tertiary/aromatic N) is 1. The molecule has 8 heavy (non-hydrogen) atoms. The standard InChI is InChI=1S/C5H9NO2/c1-4(3-7)5(2)6-8/h3,7-8H,1-2H3/b4-3+,6-5-. The molecule has 0 aromatic rings. The Morgan fingerprint density at radius 2 is 2.00 bits per heavy atom. The summed E-state index contributed by atoms with van der Waals surface area (Å²) >= 11 is 0. The van der Waals surface area contributed by atoms with E-state index >= 15 is 0 Å². The molecule has 0 spiro atoms. The second kappa shape index (κ2) is 3.07. The Hall–Kier alpha value is -0.990. The highest BCUT2D eigenvalue weighted by atomic mass is 16.4. The molecule has 0 radical (unpaired) electrons. The van der Waals surface area contributed by atoms with Gasteiger partial charge in [-0.1, -0.05) is 5.16 Å². The van der Waals surface area contributed by atoms with Crippen LogP contribution in [0.1, 0.15) is 13.8 Å². The molecule has 46 valence electrons. The first kappa shape index (κ1) is 7.01. The molecule has 0 saturated carbocycles. The zero-order valence-electron chi connectivity index (χ0n) is 4.92. The largest absolute Gasteiger partial charge is 0.515 e. The maximum atomic E-state index is 8.28. The molecule has 3 nitrogen and oxygen atoms in total. The first-order chi connectivity index (χ1) is 3.72. The minimum Gasteiger partial charge on any atom is -0.515 e. The number of allylic oxidation sites excluding steroid dienone is 1. The first-order valence-electron chi connectivity index (χ1n) is 2.22. The normalized spacial score (nSPS) is 14.2. The van der Waals surface area contributed by atoms with Crippen molar-refractivity contribution in [2.24, 2.45) is 5.16 Å². The summed E-state index contributed by atoms with van der Waals surface area (Å²) in [5.41, 5.74) is 0.986. The van der Waals surface area contributed by atoms with Crippen molar-refractivity contribution in [2.75, 3.05) is 0 Å². The van der Waals surface area contributed by atoms with Gasteiger partial charge in [-0.05, 0) is 13.8 Å². The van der Waals surface area contributed by atoms with E-state index in [-0.39, 0.29) is 0 Å². The van der Waals surface area contributed by atoms with Crippen molar-refractivity contribution in [1.82, 2.24) is 0 Å². The van der Waals surface area contributed by atoms with Gasteiger partial charge in [-0.3, -0.25) is 0 Å². The van der Waals surface area contributed by atoms with Crippen LogP contribution < -0.4 is 0 Å². The topological polar surface area (TPSA) is 52.8 Å². The molecule has 0 aromatic carbocycles. The highest BCUT2D eigenvalue weighted by Crippen LogP contribution is 1.92. The lowest BCUT2D eigenvalue weighted by Gasteiger charge is -1.90. The maximum Gasteiger partial charge on any atom is 0.0840 e. The van der Waals surface area contributed by atoms with E-state index in [9.17, 15) is 0 Å².